The maximum absolute atomic E-state index is 13.3. The molecule has 0 heterocycles. The van der Waals surface area contributed by atoms with Crippen LogP contribution in [0.3, 0.4) is 0 Å². The maximum Gasteiger partial charge on any atom is 0.258 e. The third kappa shape index (κ3) is 3.27. The van der Waals surface area contributed by atoms with Crippen LogP contribution in [-0.2, 0) is 0 Å². The summed E-state index contributed by atoms with van der Waals surface area (Å²) in [7, 11) is 3.13. The van der Waals surface area contributed by atoms with Gasteiger partial charge in [0.1, 0.15) is 16.0 Å². The number of ether oxygens (including phenoxy) is 2. The first-order valence-electron chi connectivity index (χ1n) is 8.31. The number of hydrogen-bond acceptors (Lipinski definition) is 3. The molecule has 0 saturated carbocycles. The van der Waals surface area contributed by atoms with E-state index in [9.17, 15) is 4.79 Å². The van der Waals surface area contributed by atoms with Crippen LogP contribution in [0.15, 0.2) is 59.1 Å². The van der Waals surface area contributed by atoms with Crippen LogP contribution in [0.1, 0.15) is 17.3 Å². The molecular formula is C21H20BrNO3. The minimum Gasteiger partial charge on any atom is -0.495 e. The molecule has 5 heteroatoms. The number of carbonyl (C=O) groups is 1. The molecule has 4 nitrogen and oxygen atoms in total. The number of fused-ring (bicyclic) bond motifs is 1. The number of amides is 1. The van der Waals surface area contributed by atoms with Crippen LogP contribution < -0.4 is 14.4 Å². The standard InChI is InChI=1S/C21H20BrNO3/c1-4-23(17-11-7-9-14-8-5-6-10-16(14)17)21(24)15-12-18(25-2)20(22)19(13-15)26-3/h5-13H,4H2,1-3H3. The van der Waals surface area contributed by atoms with Crippen LogP contribution in [0.5, 0.6) is 11.5 Å². The van der Waals surface area contributed by atoms with E-state index in [-0.39, 0.29) is 5.91 Å². The number of benzene rings is 3. The minimum atomic E-state index is -0.104. The quantitative estimate of drug-likeness (QED) is 0.570. The second-order valence-corrected chi connectivity index (χ2v) is 6.54. The second-order valence-electron chi connectivity index (χ2n) is 5.74. The fourth-order valence-electron chi connectivity index (χ4n) is 3.02. The predicted molar refractivity (Wildman–Crippen MR) is 109 cm³/mol. The Morgan fingerprint density at radius 1 is 1.00 bits per heavy atom. The van der Waals surface area contributed by atoms with Crippen LogP contribution in [0, 0.1) is 0 Å². The molecule has 0 fully saturated rings. The molecule has 1 amide bonds. The highest BCUT2D eigenvalue weighted by Gasteiger charge is 2.21. The number of rotatable bonds is 5. The van der Waals surface area contributed by atoms with Crippen molar-refractivity contribution in [3.05, 3.63) is 64.6 Å². The SMILES string of the molecule is CCN(C(=O)c1cc(OC)c(Br)c(OC)c1)c1cccc2ccccc12. The first-order chi connectivity index (χ1) is 12.6. The summed E-state index contributed by atoms with van der Waals surface area (Å²) in [4.78, 5) is 15.0. The summed E-state index contributed by atoms with van der Waals surface area (Å²) in [6.45, 7) is 2.51. The van der Waals surface area contributed by atoms with E-state index in [2.05, 4.69) is 15.9 Å². The van der Waals surface area contributed by atoms with Gasteiger partial charge in [0.05, 0.1) is 19.9 Å². The average molecular weight is 414 g/mol. The molecule has 26 heavy (non-hydrogen) atoms. The summed E-state index contributed by atoms with van der Waals surface area (Å²) in [6, 6.07) is 17.5. The molecule has 0 unspecified atom stereocenters. The van der Waals surface area contributed by atoms with E-state index in [4.69, 9.17) is 9.47 Å². The van der Waals surface area contributed by atoms with Crippen molar-refractivity contribution < 1.29 is 14.3 Å². The van der Waals surface area contributed by atoms with Crippen molar-refractivity contribution in [1.29, 1.82) is 0 Å². The van der Waals surface area contributed by atoms with Gasteiger partial charge in [-0.15, -0.1) is 0 Å². The fourth-order valence-corrected chi connectivity index (χ4v) is 3.57. The third-order valence-electron chi connectivity index (χ3n) is 4.31. The second kappa shape index (κ2) is 7.79. The Labute approximate surface area is 161 Å². The van der Waals surface area contributed by atoms with Gasteiger partial charge in [-0.2, -0.15) is 0 Å². The number of carbonyl (C=O) groups excluding carboxylic acids is 1. The lowest BCUT2D eigenvalue weighted by molar-refractivity contribution is 0.0988. The molecule has 3 aromatic carbocycles. The average Bonchev–Trinajstić information content (AvgIpc) is 2.68. The Morgan fingerprint density at radius 2 is 1.62 bits per heavy atom. The summed E-state index contributed by atoms with van der Waals surface area (Å²) < 4.78 is 11.4. The van der Waals surface area contributed by atoms with E-state index >= 15 is 0 Å². The van der Waals surface area contributed by atoms with Gasteiger partial charge in [-0.25, -0.2) is 0 Å². The van der Waals surface area contributed by atoms with Gasteiger partial charge in [-0.05, 0) is 46.4 Å². The fraction of sp³-hybridized carbons (Fsp3) is 0.190. The molecule has 3 rings (SSSR count). The first kappa shape index (κ1) is 18.3. The number of methoxy groups -OCH3 is 2. The molecule has 0 aliphatic carbocycles. The van der Waals surface area contributed by atoms with Gasteiger partial charge in [0, 0.05) is 17.5 Å². The third-order valence-corrected chi connectivity index (χ3v) is 5.09. The zero-order chi connectivity index (χ0) is 18.7. The number of halogens is 1. The van der Waals surface area contributed by atoms with Gasteiger partial charge < -0.3 is 14.4 Å². The molecule has 0 radical (unpaired) electrons. The summed E-state index contributed by atoms with van der Waals surface area (Å²) in [5.74, 6) is 1.01. The van der Waals surface area contributed by atoms with Crippen LogP contribution in [0.2, 0.25) is 0 Å². The van der Waals surface area contributed by atoms with Gasteiger partial charge in [-0.3, -0.25) is 4.79 Å². The maximum atomic E-state index is 13.3. The number of nitrogens with zero attached hydrogens (tertiary/aromatic N) is 1. The monoisotopic (exact) mass is 413 g/mol. The Bertz CT molecular complexity index is 925. The van der Waals surface area contributed by atoms with Gasteiger partial charge >= 0.3 is 0 Å². The largest absolute Gasteiger partial charge is 0.495 e. The molecule has 0 aliphatic heterocycles. The summed E-state index contributed by atoms with van der Waals surface area (Å²) in [5.41, 5.74) is 1.40. The van der Waals surface area contributed by atoms with Crippen LogP contribution in [0.4, 0.5) is 5.69 Å². The highest BCUT2D eigenvalue weighted by molar-refractivity contribution is 9.10. The molecule has 0 saturated heterocycles. The highest BCUT2D eigenvalue weighted by Crippen LogP contribution is 2.36. The molecule has 134 valence electrons. The van der Waals surface area contributed by atoms with Gasteiger partial charge in [0.25, 0.3) is 5.91 Å². The summed E-state index contributed by atoms with van der Waals surface area (Å²) in [6.07, 6.45) is 0. The molecule has 3 aromatic rings. The van der Waals surface area contributed by atoms with E-state index in [1.807, 2.05) is 49.4 Å². The molecule has 0 aromatic heterocycles. The number of hydrogen-bond donors (Lipinski definition) is 0. The van der Waals surface area contributed by atoms with E-state index < -0.39 is 0 Å². The van der Waals surface area contributed by atoms with E-state index in [0.29, 0.717) is 28.1 Å². The van der Waals surface area contributed by atoms with Crippen molar-refractivity contribution in [1.82, 2.24) is 0 Å². The van der Waals surface area contributed by atoms with Gasteiger partial charge in [-0.1, -0.05) is 36.4 Å². The van der Waals surface area contributed by atoms with Crippen molar-refractivity contribution >= 4 is 38.3 Å². The predicted octanol–water partition coefficient (Wildman–Crippen LogP) is 5.29. The zero-order valence-electron chi connectivity index (χ0n) is 15.0. The van der Waals surface area contributed by atoms with Crippen molar-refractivity contribution in [2.75, 3.05) is 25.7 Å². The smallest absolute Gasteiger partial charge is 0.258 e. The van der Waals surface area contributed by atoms with Gasteiger partial charge in [0.2, 0.25) is 0 Å². The normalized spacial score (nSPS) is 10.6. The molecule has 0 aliphatic rings. The molecule has 0 atom stereocenters. The molecule has 0 N–H and O–H groups in total. The van der Waals surface area contributed by atoms with Crippen LogP contribution in [-0.4, -0.2) is 26.7 Å². The van der Waals surface area contributed by atoms with Crippen molar-refractivity contribution in [2.24, 2.45) is 0 Å². The Hall–Kier alpha value is -2.53. The Morgan fingerprint density at radius 3 is 2.23 bits per heavy atom. The lowest BCUT2D eigenvalue weighted by atomic mass is 10.1. The van der Waals surface area contributed by atoms with Crippen molar-refractivity contribution in [2.45, 2.75) is 6.92 Å². The molecule has 0 bridgehead atoms. The Balaban J connectivity index is 2.10. The highest BCUT2D eigenvalue weighted by atomic mass is 79.9. The summed E-state index contributed by atoms with van der Waals surface area (Å²) >= 11 is 3.44. The van der Waals surface area contributed by atoms with Crippen LogP contribution >= 0.6 is 15.9 Å². The molecule has 0 spiro atoms. The Kier molecular flexibility index (Phi) is 5.47. The first-order valence-corrected chi connectivity index (χ1v) is 9.11. The topological polar surface area (TPSA) is 38.8 Å². The van der Waals surface area contributed by atoms with Crippen LogP contribution in [0.25, 0.3) is 10.8 Å². The van der Waals surface area contributed by atoms with E-state index in [1.165, 1.54) is 0 Å². The molecular weight excluding hydrogens is 394 g/mol. The van der Waals surface area contributed by atoms with Crippen molar-refractivity contribution in [3.63, 3.8) is 0 Å². The zero-order valence-corrected chi connectivity index (χ0v) is 16.5. The van der Waals surface area contributed by atoms with Crippen molar-refractivity contribution in [3.8, 4) is 11.5 Å². The lowest BCUT2D eigenvalue weighted by Gasteiger charge is -2.23. The van der Waals surface area contributed by atoms with Gasteiger partial charge in [0.15, 0.2) is 0 Å². The van der Waals surface area contributed by atoms with E-state index in [0.717, 1.165) is 16.5 Å². The lowest BCUT2D eigenvalue weighted by Crippen LogP contribution is -2.30. The minimum absolute atomic E-state index is 0.104. The number of anilines is 1. The van der Waals surface area contributed by atoms with E-state index in [1.54, 1.807) is 31.3 Å². The summed E-state index contributed by atoms with van der Waals surface area (Å²) in [5, 5.41) is 2.14.